The maximum absolute atomic E-state index is 12.7. The molecule has 0 amide bonds. The van der Waals surface area contributed by atoms with Gasteiger partial charge < -0.3 is 24.6 Å². The van der Waals surface area contributed by atoms with E-state index in [1.165, 1.54) is 50.6 Å². The van der Waals surface area contributed by atoms with Gasteiger partial charge in [0.25, 0.3) is 7.37 Å². The third-order valence-electron chi connectivity index (χ3n) is 3.02. The van der Waals surface area contributed by atoms with Gasteiger partial charge in [-0.15, -0.1) is 0 Å². The van der Waals surface area contributed by atoms with Crippen LogP contribution in [0.25, 0.3) is 0 Å². The average molecular weight is 310 g/mol. The zero-order valence-electron chi connectivity index (χ0n) is 11.5. The summed E-state index contributed by atoms with van der Waals surface area (Å²) in [5.74, 6) is -0.0772. The van der Waals surface area contributed by atoms with E-state index < -0.39 is 7.37 Å². The summed E-state index contributed by atoms with van der Waals surface area (Å²) < 4.78 is 22.7. The Balaban J connectivity index is 2.64. The van der Waals surface area contributed by atoms with Crippen molar-refractivity contribution in [1.82, 2.24) is 0 Å². The molecule has 0 aliphatic carbocycles. The lowest BCUT2D eigenvalue weighted by atomic mass is 10.3. The molecule has 0 aliphatic rings. The summed E-state index contributed by atoms with van der Waals surface area (Å²) >= 11 is 0. The first kappa shape index (κ1) is 15.2. The summed E-state index contributed by atoms with van der Waals surface area (Å²) in [7, 11) is -1.40. The Morgan fingerprint density at radius 3 is 1.57 bits per heavy atom. The summed E-state index contributed by atoms with van der Waals surface area (Å²) in [5, 5.41) is 19.3. The van der Waals surface area contributed by atoms with Gasteiger partial charge in [0.05, 0.1) is 24.8 Å². The lowest BCUT2D eigenvalue weighted by molar-refractivity contribution is 0.412. The minimum absolute atomic E-state index is 0.217. The lowest BCUT2D eigenvalue weighted by Gasteiger charge is -2.16. The van der Waals surface area contributed by atoms with Crippen molar-refractivity contribution in [3.63, 3.8) is 0 Å². The molecule has 21 heavy (non-hydrogen) atoms. The third kappa shape index (κ3) is 2.82. The number of methoxy groups -OCH3 is 2. The number of phenolic OH excluding ortho intramolecular Hbond substituents is 2. The van der Waals surface area contributed by atoms with Crippen LogP contribution in [0.1, 0.15) is 0 Å². The van der Waals surface area contributed by atoms with Crippen molar-refractivity contribution in [2.24, 2.45) is 0 Å². The van der Waals surface area contributed by atoms with Crippen molar-refractivity contribution in [3.8, 4) is 23.0 Å². The molecule has 7 heteroatoms. The second-order valence-electron chi connectivity index (χ2n) is 4.29. The summed E-state index contributed by atoms with van der Waals surface area (Å²) in [6, 6.07) is 7.96. The van der Waals surface area contributed by atoms with Gasteiger partial charge >= 0.3 is 0 Å². The van der Waals surface area contributed by atoms with E-state index in [0.29, 0.717) is 11.5 Å². The van der Waals surface area contributed by atoms with Gasteiger partial charge in [0.2, 0.25) is 0 Å². The Hall–Kier alpha value is -2.17. The number of benzene rings is 2. The molecule has 0 aliphatic heterocycles. The Kier molecular flexibility index (Phi) is 4.11. The molecule has 0 spiro atoms. The first-order chi connectivity index (χ1) is 9.90. The monoisotopic (exact) mass is 310 g/mol. The largest absolute Gasteiger partial charge is 0.507 e. The van der Waals surface area contributed by atoms with Crippen LogP contribution in [0.15, 0.2) is 36.4 Å². The van der Waals surface area contributed by atoms with Crippen molar-refractivity contribution < 1.29 is 29.1 Å². The minimum atomic E-state index is -4.21. The minimum Gasteiger partial charge on any atom is -0.507 e. The summed E-state index contributed by atoms with van der Waals surface area (Å²) in [6.45, 7) is 0. The standard InChI is InChI=1S/C14H15O6P/c1-19-9-3-5-11(15)13(7-9)21(17,18)14-8-10(20-2)4-6-12(14)16/h3-8,15-16H,1-2H3,(H,17,18). The number of ether oxygens (including phenoxy) is 2. The molecule has 0 radical (unpaired) electrons. The van der Waals surface area contributed by atoms with Crippen LogP contribution in [0.3, 0.4) is 0 Å². The lowest BCUT2D eigenvalue weighted by Crippen LogP contribution is -2.17. The summed E-state index contributed by atoms with van der Waals surface area (Å²) in [6.07, 6.45) is 0. The highest BCUT2D eigenvalue weighted by molar-refractivity contribution is 7.73. The van der Waals surface area contributed by atoms with E-state index >= 15 is 0 Å². The number of phenols is 2. The van der Waals surface area contributed by atoms with Gasteiger partial charge in [-0.25, -0.2) is 0 Å². The normalized spacial score (nSPS) is 11.2. The van der Waals surface area contributed by atoms with Crippen LogP contribution >= 0.6 is 7.37 Å². The summed E-state index contributed by atoms with van der Waals surface area (Å²) in [5.41, 5.74) is 0. The molecule has 0 aromatic heterocycles. The van der Waals surface area contributed by atoms with Crippen molar-refractivity contribution in [2.45, 2.75) is 0 Å². The average Bonchev–Trinajstić information content (AvgIpc) is 2.48. The molecular formula is C14H15O6P. The molecule has 2 aromatic carbocycles. The summed E-state index contributed by atoms with van der Waals surface area (Å²) in [4.78, 5) is 10.4. The SMILES string of the molecule is COc1ccc(O)c(P(=O)(O)c2cc(OC)ccc2O)c1. The highest BCUT2D eigenvalue weighted by Gasteiger charge is 2.31. The van der Waals surface area contributed by atoms with Gasteiger partial charge in [-0.05, 0) is 36.4 Å². The van der Waals surface area contributed by atoms with E-state index in [1.54, 1.807) is 0 Å². The van der Waals surface area contributed by atoms with Gasteiger partial charge in [0.1, 0.15) is 23.0 Å². The molecule has 0 unspecified atom stereocenters. The zero-order valence-corrected chi connectivity index (χ0v) is 12.4. The quantitative estimate of drug-likeness (QED) is 0.737. The van der Waals surface area contributed by atoms with E-state index in [-0.39, 0.29) is 22.1 Å². The van der Waals surface area contributed by atoms with Gasteiger partial charge in [-0.1, -0.05) is 0 Å². The van der Waals surface area contributed by atoms with Gasteiger partial charge in [0, 0.05) is 0 Å². The van der Waals surface area contributed by atoms with Gasteiger partial charge in [0.15, 0.2) is 0 Å². The van der Waals surface area contributed by atoms with Crippen LogP contribution in [0.5, 0.6) is 23.0 Å². The van der Waals surface area contributed by atoms with Crippen molar-refractivity contribution in [3.05, 3.63) is 36.4 Å². The Labute approximate surface area is 121 Å². The van der Waals surface area contributed by atoms with Crippen LogP contribution in [-0.4, -0.2) is 29.3 Å². The molecule has 6 nitrogen and oxygen atoms in total. The fourth-order valence-electron chi connectivity index (χ4n) is 1.88. The van der Waals surface area contributed by atoms with Crippen molar-refractivity contribution in [1.29, 1.82) is 0 Å². The maximum atomic E-state index is 12.7. The highest BCUT2D eigenvalue weighted by Crippen LogP contribution is 2.45. The molecular weight excluding hydrogens is 295 g/mol. The molecule has 0 bridgehead atoms. The molecule has 112 valence electrons. The van der Waals surface area contributed by atoms with Crippen LogP contribution < -0.4 is 20.1 Å². The molecule has 3 N–H and O–H groups in total. The topological polar surface area (TPSA) is 96.2 Å². The number of aromatic hydroxyl groups is 2. The van der Waals surface area contributed by atoms with E-state index in [0.717, 1.165) is 0 Å². The van der Waals surface area contributed by atoms with E-state index in [4.69, 9.17) is 9.47 Å². The second-order valence-corrected chi connectivity index (χ2v) is 6.40. The Morgan fingerprint density at radius 1 is 0.857 bits per heavy atom. The Morgan fingerprint density at radius 2 is 1.24 bits per heavy atom. The predicted octanol–water partition coefficient (Wildman–Crippen LogP) is 1.34. The fourth-order valence-corrected chi connectivity index (χ4v) is 3.51. The van der Waals surface area contributed by atoms with Crippen LogP contribution in [0, 0.1) is 0 Å². The van der Waals surface area contributed by atoms with E-state index in [2.05, 4.69) is 0 Å². The first-order valence-electron chi connectivity index (χ1n) is 5.98. The molecule has 0 saturated heterocycles. The van der Waals surface area contributed by atoms with Crippen molar-refractivity contribution >= 4 is 18.0 Å². The van der Waals surface area contributed by atoms with Crippen LogP contribution in [-0.2, 0) is 4.57 Å². The third-order valence-corrected chi connectivity index (χ3v) is 5.04. The van der Waals surface area contributed by atoms with Crippen LogP contribution in [0.4, 0.5) is 0 Å². The molecule has 0 fully saturated rings. The second kappa shape index (κ2) is 5.68. The van der Waals surface area contributed by atoms with E-state index in [1.807, 2.05) is 0 Å². The van der Waals surface area contributed by atoms with Gasteiger partial charge in [-0.3, -0.25) is 4.57 Å². The molecule has 0 heterocycles. The van der Waals surface area contributed by atoms with Gasteiger partial charge in [-0.2, -0.15) is 0 Å². The maximum Gasteiger partial charge on any atom is 0.266 e. The number of hydrogen-bond acceptors (Lipinski definition) is 5. The molecule has 2 aromatic rings. The molecule has 0 atom stereocenters. The fraction of sp³-hybridized carbons (Fsp3) is 0.143. The van der Waals surface area contributed by atoms with E-state index in [9.17, 15) is 19.7 Å². The number of rotatable bonds is 4. The number of hydrogen-bond donors (Lipinski definition) is 3. The highest BCUT2D eigenvalue weighted by atomic mass is 31.2. The predicted molar refractivity (Wildman–Crippen MR) is 78.4 cm³/mol. The Bertz CT molecular complexity index is 655. The molecule has 2 rings (SSSR count). The van der Waals surface area contributed by atoms with Crippen LogP contribution in [0.2, 0.25) is 0 Å². The van der Waals surface area contributed by atoms with Crippen molar-refractivity contribution in [2.75, 3.05) is 14.2 Å². The first-order valence-corrected chi connectivity index (χ1v) is 7.64. The molecule has 0 saturated carbocycles. The smallest absolute Gasteiger partial charge is 0.266 e. The zero-order chi connectivity index (χ0) is 15.6.